The first kappa shape index (κ1) is 19.4. The van der Waals surface area contributed by atoms with Crippen LogP contribution in [0.15, 0.2) is 29.4 Å². The largest absolute Gasteiger partial charge is 0.464 e. The van der Waals surface area contributed by atoms with Gasteiger partial charge in [-0.15, -0.1) is 0 Å². The van der Waals surface area contributed by atoms with Crippen molar-refractivity contribution >= 4 is 23.1 Å². The Morgan fingerprint density at radius 1 is 1.38 bits per heavy atom. The Balaban J connectivity index is 3.12. The molecule has 0 saturated carbocycles. The van der Waals surface area contributed by atoms with E-state index in [4.69, 9.17) is 5.11 Å². The third-order valence-electron chi connectivity index (χ3n) is 2.98. The number of nitrogens with one attached hydrogen (secondary N) is 1. The summed E-state index contributed by atoms with van der Waals surface area (Å²) in [6.07, 6.45) is -5.67. The number of aliphatic hydroxyl groups is 4. The number of carbonyl (C=O) groups excluding carboxylic acids is 1. The highest BCUT2D eigenvalue weighted by Gasteiger charge is 2.33. The highest BCUT2D eigenvalue weighted by atomic mass is 16.6. The smallest absolute Gasteiger partial charge is 0.357 e. The van der Waals surface area contributed by atoms with Crippen molar-refractivity contribution in [3.8, 4) is 0 Å². The molecule has 0 bridgehead atoms. The van der Waals surface area contributed by atoms with E-state index in [2.05, 4.69) is 15.3 Å². The lowest BCUT2D eigenvalue weighted by Crippen LogP contribution is -2.46. The molecule has 0 unspecified atom stereocenters. The molecular weight excluding hydrogens is 326 g/mol. The number of nitrogens with zero attached hydrogens (tertiary/aromatic N) is 2. The lowest BCUT2D eigenvalue weighted by molar-refractivity contribution is -0.384. The highest BCUT2D eigenvalue weighted by molar-refractivity contribution is 6.38. The van der Waals surface area contributed by atoms with E-state index < -0.39 is 41.5 Å². The first-order valence-electron chi connectivity index (χ1n) is 6.63. The van der Waals surface area contributed by atoms with Crippen LogP contribution in [0.4, 0.5) is 11.4 Å². The number of aliphatic hydroxyl groups excluding tert-OH is 4. The topological polar surface area (TPSA) is 175 Å². The molecule has 0 saturated heterocycles. The normalized spacial score (nSPS) is 15.3. The van der Waals surface area contributed by atoms with Gasteiger partial charge in [0, 0.05) is 6.07 Å². The number of ether oxygens (including phenoxy) is 1. The molecule has 11 heteroatoms. The maximum absolute atomic E-state index is 11.7. The van der Waals surface area contributed by atoms with Crippen molar-refractivity contribution < 1.29 is 34.9 Å². The van der Waals surface area contributed by atoms with Gasteiger partial charge in [0.25, 0.3) is 5.69 Å². The molecule has 0 amide bonds. The number of hydrogen-bond acceptors (Lipinski definition) is 10. The Morgan fingerprint density at radius 2 is 2.00 bits per heavy atom. The summed E-state index contributed by atoms with van der Waals surface area (Å²) < 4.78 is 4.40. The summed E-state index contributed by atoms with van der Waals surface area (Å²) in [5, 5.41) is 52.1. The predicted molar refractivity (Wildman–Crippen MR) is 81.3 cm³/mol. The molecule has 132 valence electrons. The average Bonchev–Trinajstić information content (AvgIpc) is 2.60. The molecule has 1 aromatic rings. The molecule has 0 aromatic heterocycles. The molecule has 0 aliphatic carbocycles. The Morgan fingerprint density at radius 3 is 2.54 bits per heavy atom. The Bertz CT molecular complexity index is 621. The van der Waals surface area contributed by atoms with Crippen LogP contribution in [0, 0.1) is 10.1 Å². The summed E-state index contributed by atoms with van der Waals surface area (Å²) >= 11 is 0. The molecular formula is C13H17N3O8. The van der Waals surface area contributed by atoms with Gasteiger partial charge in [-0.2, -0.15) is 5.10 Å². The zero-order valence-electron chi connectivity index (χ0n) is 12.6. The second-order valence-electron chi connectivity index (χ2n) is 4.56. The molecule has 0 aliphatic rings. The molecule has 1 aromatic carbocycles. The van der Waals surface area contributed by atoms with Crippen molar-refractivity contribution in [2.75, 3.05) is 19.1 Å². The number of para-hydroxylation sites is 2. The van der Waals surface area contributed by atoms with Crippen LogP contribution < -0.4 is 5.43 Å². The second kappa shape index (κ2) is 8.88. The van der Waals surface area contributed by atoms with Crippen molar-refractivity contribution in [2.24, 2.45) is 5.10 Å². The van der Waals surface area contributed by atoms with E-state index in [1.165, 1.54) is 24.3 Å². The zero-order chi connectivity index (χ0) is 18.3. The van der Waals surface area contributed by atoms with Crippen molar-refractivity contribution in [1.82, 2.24) is 0 Å². The number of nitro groups is 1. The fourth-order valence-electron chi connectivity index (χ4n) is 1.67. The molecule has 11 nitrogen and oxygen atoms in total. The van der Waals surface area contributed by atoms with Gasteiger partial charge in [0.1, 0.15) is 24.0 Å². The van der Waals surface area contributed by atoms with E-state index in [1.54, 1.807) is 0 Å². The van der Waals surface area contributed by atoms with Crippen LogP contribution in [0.1, 0.15) is 0 Å². The van der Waals surface area contributed by atoms with Gasteiger partial charge < -0.3 is 25.2 Å². The number of esters is 1. The molecule has 0 spiro atoms. The fraction of sp³-hybridized carbons (Fsp3) is 0.385. The third kappa shape index (κ3) is 4.70. The molecule has 0 heterocycles. The summed E-state index contributed by atoms with van der Waals surface area (Å²) in [6, 6.07) is 5.40. The summed E-state index contributed by atoms with van der Waals surface area (Å²) in [5.41, 5.74) is 1.08. The number of hydrogen-bond donors (Lipinski definition) is 5. The van der Waals surface area contributed by atoms with Crippen LogP contribution in [-0.2, 0) is 9.53 Å². The van der Waals surface area contributed by atoms with Crippen LogP contribution in [0.5, 0.6) is 0 Å². The van der Waals surface area contributed by atoms with E-state index in [0.29, 0.717) is 0 Å². The number of carbonyl (C=O) groups is 1. The number of nitro benzene ring substituents is 1. The number of methoxy groups -OCH3 is 1. The van der Waals surface area contributed by atoms with E-state index >= 15 is 0 Å². The quantitative estimate of drug-likeness (QED) is 0.165. The monoisotopic (exact) mass is 343 g/mol. The molecule has 0 radical (unpaired) electrons. The van der Waals surface area contributed by atoms with Crippen LogP contribution in [0.2, 0.25) is 0 Å². The van der Waals surface area contributed by atoms with E-state index in [0.717, 1.165) is 7.11 Å². The standard InChI is InChI=1S/C13H17N3O8/c1-24-13(21)10(12(20)11(19)9(18)6-17)15-14-7-4-2-3-5-8(7)16(22)23/h2-5,9,11-12,14,17-20H,6H2,1H3/b15-10+/t9-,11-,12-/m1/s1. The molecule has 0 aliphatic heterocycles. The Hall–Kier alpha value is -2.60. The number of benzene rings is 1. The van der Waals surface area contributed by atoms with Crippen molar-refractivity contribution in [2.45, 2.75) is 18.3 Å². The minimum Gasteiger partial charge on any atom is -0.464 e. The van der Waals surface area contributed by atoms with Crippen molar-refractivity contribution in [1.29, 1.82) is 0 Å². The zero-order valence-corrected chi connectivity index (χ0v) is 12.6. The van der Waals surface area contributed by atoms with E-state index in [-0.39, 0.29) is 11.4 Å². The average molecular weight is 343 g/mol. The minimum absolute atomic E-state index is 0.0756. The van der Waals surface area contributed by atoms with Crippen LogP contribution in [0.3, 0.4) is 0 Å². The molecule has 0 fully saturated rings. The first-order chi connectivity index (χ1) is 11.3. The number of hydrazone groups is 1. The fourth-order valence-corrected chi connectivity index (χ4v) is 1.67. The van der Waals surface area contributed by atoms with Crippen LogP contribution in [0.25, 0.3) is 0 Å². The second-order valence-corrected chi connectivity index (χ2v) is 4.56. The maximum Gasteiger partial charge on any atom is 0.357 e. The first-order valence-corrected chi connectivity index (χ1v) is 6.63. The van der Waals surface area contributed by atoms with Gasteiger partial charge in [-0.1, -0.05) is 12.1 Å². The van der Waals surface area contributed by atoms with Gasteiger partial charge in [-0.3, -0.25) is 15.5 Å². The minimum atomic E-state index is -2.00. The van der Waals surface area contributed by atoms with Gasteiger partial charge in [0.05, 0.1) is 18.6 Å². The van der Waals surface area contributed by atoms with Crippen LogP contribution in [-0.4, -0.2) is 69.1 Å². The maximum atomic E-state index is 11.7. The summed E-state index contributed by atoms with van der Waals surface area (Å²) in [5.74, 6) is -1.14. The van der Waals surface area contributed by atoms with Gasteiger partial charge in [0.2, 0.25) is 0 Å². The SMILES string of the molecule is COC(=O)/C(=N/Nc1ccccc1[N+](=O)[O-])[C@@H](O)[C@H](O)[C@H](O)CO. The lowest BCUT2D eigenvalue weighted by Gasteiger charge is -2.21. The molecule has 1 rings (SSSR count). The number of anilines is 1. The number of rotatable bonds is 8. The predicted octanol–water partition coefficient (Wildman–Crippen LogP) is -1.39. The summed E-state index contributed by atoms with van der Waals surface area (Å²) in [4.78, 5) is 21.9. The van der Waals surface area contributed by atoms with Crippen molar-refractivity contribution in [3.05, 3.63) is 34.4 Å². The van der Waals surface area contributed by atoms with Crippen LogP contribution >= 0.6 is 0 Å². The van der Waals surface area contributed by atoms with Gasteiger partial charge in [-0.05, 0) is 6.07 Å². The van der Waals surface area contributed by atoms with Gasteiger partial charge in [0.15, 0.2) is 5.71 Å². The summed E-state index contributed by atoms with van der Waals surface area (Å²) in [6.45, 7) is -0.871. The van der Waals surface area contributed by atoms with E-state index in [1.807, 2.05) is 0 Å². The van der Waals surface area contributed by atoms with Gasteiger partial charge in [-0.25, -0.2) is 4.79 Å². The highest BCUT2D eigenvalue weighted by Crippen LogP contribution is 2.23. The lowest BCUT2D eigenvalue weighted by atomic mass is 10.0. The Kier molecular flexibility index (Phi) is 7.20. The molecule has 24 heavy (non-hydrogen) atoms. The molecule has 5 N–H and O–H groups in total. The van der Waals surface area contributed by atoms with Gasteiger partial charge >= 0.3 is 5.97 Å². The van der Waals surface area contributed by atoms with E-state index in [9.17, 15) is 30.2 Å². The third-order valence-corrected chi connectivity index (χ3v) is 2.98. The summed E-state index contributed by atoms with van der Waals surface area (Å²) in [7, 11) is 0.990. The Labute approximate surface area is 136 Å². The molecule has 3 atom stereocenters. The van der Waals surface area contributed by atoms with Crippen molar-refractivity contribution in [3.63, 3.8) is 0 Å².